The molecule has 0 bridgehead atoms. The summed E-state index contributed by atoms with van der Waals surface area (Å²) >= 11 is 2.01. The fourth-order valence-electron chi connectivity index (χ4n) is 2.93. The van der Waals surface area contributed by atoms with Crippen LogP contribution < -0.4 is 5.32 Å². The predicted molar refractivity (Wildman–Crippen MR) is 81.8 cm³/mol. The molecule has 3 rings (SSSR count). The van der Waals surface area contributed by atoms with Gasteiger partial charge in [-0.3, -0.25) is 0 Å². The maximum absolute atomic E-state index is 5.42. The minimum Gasteiger partial charge on any atom is -0.464 e. The number of nitrogens with zero attached hydrogens (tertiary/aromatic N) is 1. The second-order valence-electron chi connectivity index (χ2n) is 5.29. The minimum absolute atomic E-state index is 0.381. The Kier molecular flexibility index (Phi) is 3.69. The number of anilines is 1. The van der Waals surface area contributed by atoms with Crippen molar-refractivity contribution >= 4 is 28.5 Å². The van der Waals surface area contributed by atoms with E-state index in [2.05, 4.69) is 16.6 Å². The van der Waals surface area contributed by atoms with Gasteiger partial charge in [0.1, 0.15) is 11.4 Å². The maximum atomic E-state index is 5.42. The van der Waals surface area contributed by atoms with E-state index >= 15 is 0 Å². The molecule has 0 atom stereocenters. The Hall–Kier alpha value is -1.16. The van der Waals surface area contributed by atoms with E-state index in [0.29, 0.717) is 4.75 Å². The SMILES string of the molecule is CSC1(CNc2nccc3occc23)CCCCC1. The average Bonchev–Trinajstić information content (AvgIpc) is 2.95. The van der Waals surface area contributed by atoms with Gasteiger partial charge in [-0.25, -0.2) is 4.98 Å². The van der Waals surface area contributed by atoms with Crippen LogP contribution in [0.1, 0.15) is 32.1 Å². The quantitative estimate of drug-likeness (QED) is 0.903. The molecule has 102 valence electrons. The van der Waals surface area contributed by atoms with Crippen LogP contribution in [0.3, 0.4) is 0 Å². The third-order valence-electron chi connectivity index (χ3n) is 4.16. The molecule has 2 aromatic heterocycles. The molecular weight excluding hydrogens is 256 g/mol. The van der Waals surface area contributed by atoms with E-state index in [0.717, 1.165) is 23.3 Å². The van der Waals surface area contributed by atoms with Gasteiger partial charge in [0.25, 0.3) is 0 Å². The third kappa shape index (κ3) is 2.59. The van der Waals surface area contributed by atoms with Crippen LogP contribution in [0.15, 0.2) is 29.0 Å². The van der Waals surface area contributed by atoms with Crippen molar-refractivity contribution in [2.24, 2.45) is 0 Å². The first-order valence-electron chi connectivity index (χ1n) is 6.94. The Morgan fingerprint density at radius 2 is 2.16 bits per heavy atom. The third-order valence-corrected chi connectivity index (χ3v) is 5.57. The number of hydrogen-bond donors (Lipinski definition) is 1. The molecule has 0 saturated heterocycles. The van der Waals surface area contributed by atoms with Gasteiger partial charge in [-0.2, -0.15) is 11.8 Å². The molecule has 1 fully saturated rings. The summed E-state index contributed by atoms with van der Waals surface area (Å²) in [6, 6.07) is 3.89. The minimum atomic E-state index is 0.381. The van der Waals surface area contributed by atoms with Gasteiger partial charge in [-0.15, -0.1) is 0 Å². The molecule has 3 nitrogen and oxygen atoms in total. The number of thioether (sulfide) groups is 1. The van der Waals surface area contributed by atoms with Crippen molar-refractivity contribution < 1.29 is 4.42 Å². The second kappa shape index (κ2) is 5.45. The van der Waals surface area contributed by atoms with Gasteiger partial charge in [0.2, 0.25) is 0 Å². The molecular formula is C15H20N2OS. The highest BCUT2D eigenvalue weighted by Crippen LogP contribution is 2.38. The summed E-state index contributed by atoms with van der Waals surface area (Å²) in [7, 11) is 0. The van der Waals surface area contributed by atoms with Crippen LogP contribution in [-0.2, 0) is 0 Å². The van der Waals surface area contributed by atoms with Crippen LogP contribution in [0.4, 0.5) is 5.82 Å². The summed E-state index contributed by atoms with van der Waals surface area (Å²) in [6.45, 7) is 0.992. The molecule has 19 heavy (non-hydrogen) atoms. The Labute approximate surface area is 118 Å². The Morgan fingerprint density at radius 3 is 2.95 bits per heavy atom. The summed E-state index contributed by atoms with van der Waals surface area (Å²) in [4.78, 5) is 4.45. The van der Waals surface area contributed by atoms with Gasteiger partial charge in [0.15, 0.2) is 0 Å². The first kappa shape index (κ1) is 12.9. The van der Waals surface area contributed by atoms with Gasteiger partial charge in [-0.05, 0) is 31.2 Å². The van der Waals surface area contributed by atoms with Crippen molar-refractivity contribution in [3.8, 4) is 0 Å². The summed E-state index contributed by atoms with van der Waals surface area (Å²) in [5.41, 5.74) is 0.902. The van der Waals surface area contributed by atoms with Crippen LogP contribution in [0, 0.1) is 0 Å². The zero-order valence-corrected chi connectivity index (χ0v) is 12.1. The molecule has 0 unspecified atom stereocenters. The number of nitrogens with one attached hydrogen (secondary N) is 1. The molecule has 0 spiro atoms. The van der Waals surface area contributed by atoms with E-state index < -0.39 is 0 Å². The highest BCUT2D eigenvalue weighted by molar-refractivity contribution is 8.00. The van der Waals surface area contributed by atoms with E-state index in [1.165, 1.54) is 32.1 Å². The molecule has 1 saturated carbocycles. The van der Waals surface area contributed by atoms with E-state index in [4.69, 9.17) is 4.42 Å². The lowest BCUT2D eigenvalue weighted by Crippen LogP contribution is -2.35. The van der Waals surface area contributed by atoms with E-state index in [1.54, 1.807) is 12.5 Å². The molecule has 1 aliphatic rings. The lowest BCUT2D eigenvalue weighted by Gasteiger charge is -2.36. The first-order chi connectivity index (χ1) is 9.33. The number of hydrogen-bond acceptors (Lipinski definition) is 4. The zero-order valence-electron chi connectivity index (χ0n) is 11.3. The highest BCUT2D eigenvalue weighted by Gasteiger charge is 2.31. The summed E-state index contributed by atoms with van der Waals surface area (Å²) in [5.74, 6) is 0.949. The molecule has 2 aromatic rings. The number of fused-ring (bicyclic) bond motifs is 1. The van der Waals surface area contributed by atoms with E-state index in [9.17, 15) is 0 Å². The fourth-order valence-corrected chi connectivity index (χ4v) is 3.84. The summed E-state index contributed by atoms with van der Waals surface area (Å²) in [6.07, 6.45) is 12.5. The van der Waals surface area contributed by atoms with Crippen LogP contribution >= 0.6 is 11.8 Å². The topological polar surface area (TPSA) is 38.1 Å². The molecule has 4 heteroatoms. The van der Waals surface area contributed by atoms with Crippen molar-refractivity contribution in [1.29, 1.82) is 0 Å². The predicted octanol–water partition coefficient (Wildman–Crippen LogP) is 4.31. The molecule has 0 aromatic carbocycles. The largest absolute Gasteiger partial charge is 0.464 e. The van der Waals surface area contributed by atoms with Gasteiger partial charge >= 0.3 is 0 Å². The number of furan rings is 1. The maximum Gasteiger partial charge on any atom is 0.139 e. The summed E-state index contributed by atoms with van der Waals surface area (Å²) < 4.78 is 5.80. The highest BCUT2D eigenvalue weighted by atomic mass is 32.2. The normalized spacial score (nSPS) is 18.6. The lowest BCUT2D eigenvalue weighted by molar-refractivity contribution is 0.411. The first-order valence-corrected chi connectivity index (χ1v) is 8.17. The molecule has 2 heterocycles. The summed E-state index contributed by atoms with van der Waals surface area (Å²) in [5, 5.41) is 4.62. The Morgan fingerprint density at radius 1 is 1.32 bits per heavy atom. The van der Waals surface area contributed by atoms with E-state index in [-0.39, 0.29) is 0 Å². The molecule has 0 radical (unpaired) electrons. The van der Waals surface area contributed by atoms with Crippen molar-refractivity contribution in [1.82, 2.24) is 4.98 Å². The zero-order chi connectivity index (χ0) is 13.1. The van der Waals surface area contributed by atoms with Crippen LogP contribution in [0.2, 0.25) is 0 Å². The molecule has 0 aliphatic heterocycles. The van der Waals surface area contributed by atoms with Gasteiger partial charge in [0, 0.05) is 17.5 Å². The van der Waals surface area contributed by atoms with Crippen molar-refractivity contribution in [2.45, 2.75) is 36.9 Å². The lowest BCUT2D eigenvalue weighted by atomic mass is 9.88. The van der Waals surface area contributed by atoms with Gasteiger partial charge < -0.3 is 9.73 Å². The molecule has 1 N–H and O–H groups in total. The Balaban J connectivity index is 1.76. The molecule has 1 aliphatic carbocycles. The van der Waals surface area contributed by atoms with Crippen LogP contribution in [-0.4, -0.2) is 22.5 Å². The van der Waals surface area contributed by atoms with Crippen molar-refractivity contribution in [3.63, 3.8) is 0 Å². The van der Waals surface area contributed by atoms with Gasteiger partial charge in [0.05, 0.1) is 11.6 Å². The standard InChI is InChI=1S/C15H20N2OS/c1-19-15(7-3-2-4-8-15)11-17-14-12-6-10-18-13(12)5-9-16-14/h5-6,9-10H,2-4,7-8,11H2,1H3,(H,16,17). The number of rotatable bonds is 4. The monoisotopic (exact) mass is 276 g/mol. The van der Waals surface area contributed by atoms with Crippen LogP contribution in [0.5, 0.6) is 0 Å². The smallest absolute Gasteiger partial charge is 0.139 e. The van der Waals surface area contributed by atoms with E-state index in [1.807, 2.05) is 23.9 Å². The Bertz CT molecular complexity index is 546. The number of aromatic nitrogens is 1. The van der Waals surface area contributed by atoms with Crippen molar-refractivity contribution in [3.05, 3.63) is 24.6 Å². The average molecular weight is 276 g/mol. The van der Waals surface area contributed by atoms with Gasteiger partial charge in [-0.1, -0.05) is 19.3 Å². The van der Waals surface area contributed by atoms with Crippen LogP contribution in [0.25, 0.3) is 11.0 Å². The van der Waals surface area contributed by atoms with Crippen molar-refractivity contribution in [2.75, 3.05) is 18.1 Å². The number of pyridine rings is 1. The fraction of sp³-hybridized carbons (Fsp3) is 0.533. The second-order valence-corrected chi connectivity index (χ2v) is 6.57. The molecule has 0 amide bonds.